The van der Waals surface area contributed by atoms with Crippen LogP contribution in [0.4, 0.5) is 0 Å². The molecule has 0 saturated carbocycles. The monoisotopic (exact) mass is 274 g/mol. The zero-order valence-corrected chi connectivity index (χ0v) is 12.7. The Morgan fingerprint density at radius 1 is 1.05 bits per heavy atom. The molecule has 0 spiro atoms. The van der Waals surface area contributed by atoms with Crippen LogP contribution in [0.15, 0.2) is 30.3 Å². The number of hydrogen-bond acceptors (Lipinski definition) is 2. The maximum absolute atomic E-state index is 11.0. The zero-order chi connectivity index (χ0) is 14.6. The Labute approximate surface area is 122 Å². The molecule has 0 fully saturated rings. The predicted molar refractivity (Wildman–Crippen MR) is 84.6 cm³/mol. The van der Waals surface area contributed by atoms with E-state index >= 15 is 0 Å². The minimum atomic E-state index is -0.318. The second-order valence-electron chi connectivity index (χ2n) is 5.12. The van der Waals surface area contributed by atoms with E-state index in [9.17, 15) is 4.79 Å². The highest BCUT2D eigenvalue weighted by Crippen LogP contribution is 2.11. The Morgan fingerprint density at radius 2 is 1.70 bits per heavy atom. The molecule has 2 heteroatoms. The van der Waals surface area contributed by atoms with E-state index < -0.39 is 0 Å². The summed E-state index contributed by atoms with van der Waals surface area (Å²) in [6.07, 6.45) is 12.4. The van der Waals surface area contributed by atoms with Gasteiger partial charge >= 0.3 is 5.97 Å². The van der Waals surface area contributed by atoms with Gasteiger partial charge in [-0.3, -0.25) is 0 Å². The van der Waals surface area contributed by atoms with Gasteiger partial charge < -0.3 is 4.74 Å². The highest BCUT2D eigenvalue weighted by molar-refractivity contribution is 5.86. The van der Waals surface area contributed by atoms with Crippen molar-refractivity contribution in [1.29, 1.82) is 0 Å². The normalized spacial score (nSPS) is 10.9. The molecule has 20 heavy (non-hydrogen) atoms. The fourth-order valence-corrected chi connectivity index (χ4v) is 2.14. The Hall–Kier alpha value is -1.57. The molecule has 0 bridgehead atoms. The second-order valence-corrected chi connectivity index (χ2v) is 5.12. The average molecular weight is 274 g/mol. The quantitative estimate of drug-likeness (QED) is 0.368. The van der Waals surface area contributed by atoms with Crippen molar-refractivity contribution in [3.05, 3.63) is 41.5 Å². The molecule has 0 unspecified atom stereocenters. The Kier molecular flexibility index (Phi) is 8.44. The van der Waals surface area contributed by atoms with E-state index in [1.54, 1.807) is 6.08 Å². The summed E-state index contributed by atoms with van der Waals surface area (Å²) in [7, 11) is 1.39. The SMILES string of the molecule is CCCCCCCCc1ccc(C=CC(=O)OC)cc1. The number of unbranched alkanes of at least 4 members (excludes halogenated alkanes) is 5. The van der Waals surface area contributed by atoms with Crippen molar-refractivity contribution in [2.75, 3.05) is 7.11 Å². The van der Waals surface area contributed by atoms with Crippen molar-refractivity contribution in [3.63, 3.8) is 0 Å². The van der Waals surface area contributed by atoms with Crippen molar-refractivity contribution in [2.24, 2.45) is 0 Å². The molecular formula is C18H26O2. The van der Waals surface area contributed by atoms with E-state index in [1.807, 2.05) is 12.1 Å². The van der Waals surface area contributed by atoms with Gasteiger partial charge in [0.25, 0.3) is 0 Å². The molecular weight excluding hydrogens is 248 g/mol. The molecule has 0 N–H and O–H groups in total. The lowest BCUT2D eigenvalue weighted by molar-refractivity contribution is -0.134. The summed E-state index contributed by atoms with van der Waals surface area (Å²) < 4.78 is 4.56. The van der Waals surface area contributed by atoms with E-state index in [-0.39, 0.29) is 5.97 Å². The second kappa shape index (κ2) is 10.2. The first-order chi connectivity index (χ1) is 9.76. The lowest BCUT2D eigenvalue weighted by Gasteiger charge is -2.02. The van der Waals surface area contributed by atoms with Crippen molar-refractivity contribution < 1.29 is 9.53 Å². The Balaban J connectivity index is 2.28. The van der Waals surface area contributed by atoms with Gasteiger partial charge in [0, 0.05) is 6.08 Å². The molecule has 0 aliphatic carbocycles. The summed E-state index contributed by atoms with van der Waals surface area (Å²) in [6.45, 7) is 2.25. The molecule has 1 aromatic rings. The summed E-state index contributed by atoms with van der Waals surface area (Å²) in [6, 6.07) is 8.38. The molecule has 0 aliphatic rings. The maximum Gasteiger partial charge on any atom is 0.330 e. The number of carbonyl (C=O) groups excluding carboxylic acids is 1. The van der Waals surface area contributed by atoms with Gasteiger partial charge in [-0.1, -0.05) is 63.3 Å². The van der Waals surface area contributed by atoms with Crippen LogP contribution in [-0.2, 0) is 16.0 Å². The van der Waals surface area contributed by atoms with E-state index in [0.29, 0.717) is 0 Å². The number of esters is 1. The van der Waals surface area contributed by atoms with Gasteiger partial charge in [-0.05, 0) is 30.0 Å². The number of benzene rings is 1. The molecule has 0 heterocycles. The van der Waals surface area contributed by atoms with Gasteiger partial charge in [0.05, 0.1) is 7.11 Å². The van der Waals surface area contributed by atoms with Crippen LogP contribution in [0.5, 0.6) is 0 Å². The van der Waals surface area contributed by atoms with Gasteiger partial charge in [0.15, 0.2) is 0 Å². The number of hydrogen-bond donors (Lipinski definition) is 0. The molecule has 2 nitrogen and oxygen atoms in total. The van der Waals surface area contributed by atoms with Gasteiger partial charge in [-0.25, -0.2) is 4.79 Å². The third-order valence-corrected chi connectivity index (χ3v) is 3.41. The lowest BCUT2D eigenvalue weighted by Crippen LogP contribution is -1.93. The fourth-order valence-electron chi connectivity index (χ4n) is 2.14. The van der Waals surface area contributed by atoms with Crippen molar-refractivity contribution in [3.8, 4) is 0 Å². The van der Waals surface area contributed by atoms with Crippen LogP contribution in [0.3, 0.4) is 0 Å². The molecule has 110 valence electrons. The smallest absolute Gasteiger partial charge is 0.330 e. The summed E-state index contributed by atoms with van der Waals surface area (Å²) in [4.78, 5) is 11.0. The fraction of sp³-hybridized carbons (Fsp3) is 0.500. The molecule has 0 saturated heterocycles. The van der Waals surface area contributed by atoms with Crippen molar-refractivity contribution >= 4 is 12.0 Å². The molecule has 0 atom stereocenters. The molecule has 0 amide bonds. The largest absolute Gasteiger partial charge is 0.466 e. The first-order valence-electron chi connectivity index (χ1n) is 7.61. The highest BCUT2D eigenvalue weighted by atomic mass is 16.5. The first kappa shape index (κ1) is 16.5. The van der Waals surface area contributed by atoms with Crippen LogP contribution < -0.4 is 0 Å². The number of carbonyl (C=O) groups is 1. The van der Waals surface area contributed by atoms with Crippen LogP contribution in [-0.4, -0.2) is 13.1 Å². The highest BCUT2D eigenvalue weighted by Gasteiger charge is 1.96. The number of ether oxygens (including phenoxy) is 1. The number of methoxy groups -OCH3 is 1. The minimum Gasteiger partial charge on any atom is -0.466 e. The van der Waals surface area contributed by atoms with Gasteiger partial charge in [-0.2, -0.15) is 0 Å². The van der Waals surface area contributed by atoms with Gasteiger partial charge in [-0.15, -0.1) is 0 Å². The third-order valence-electron chi connectivity index (χ3n) is 3.41. The maximum atomic E-state index is 11.0. The Bertz CT molecular complexity index is 404. The van der Waals surface area contributed by atoms with E-state index in [4.69, 9.17) is 0 Å². The van der Waals surface area contributed by atoms with Crippen LogP contribution in [0, 0.1) is 0 Å². The Morgan fingerprint density at radius 3 is 2.35 bits per heavy atom. The van der Waals surface area contributed by atoms with Gasteiger partial charge in [0.1, 0.15) is 0 Å². The first-order valence-corrected chi connectivity index (χ1v) is 7.61. The summed E-state index contributed by atoms with van der Waals surface area (Å²) in [5.41, 5.74) is 2.40. The van der Waals surface area contributed by atoms with Gasteiger partial charge in [0.2, 0.25) is 0 Å². The predicted octanol–water partition coefficient (Wildman–Crippen LogP) is 4.78. The summed E-state index contributed by atoms with van der Waals surface area (Å²) in [5, 5.41) is 0. The van der Waals surface area contributed by atoms with Crippen LogP contribution in [0.2, 0.25) is 0 Å². The summed E-state index contributed by atoms with van der Waals surface area (Å²) in [5.74, 6) is -0.318. The minimum absolute atomic E-state index is 0.318. The lowest BCUT2D eigenvalue weighted by atomic mass is 10.0. The average Bonchev–Trinajstić information content (AvgIpc) is 2.49. The van der Waals surface area contributed by atoms with Crippen LogP contribution >= 0.6 is 0 Å². The molecule has 0 radical (unpaired) electrons. The third kappa shape index (κ3) is 7.13. The molecule has 0 aromatic heterocycles. The zero-order valence-electron chi connectivity index (χ0n) is 12.7. The number of aryl methyl sites for hydroxylation is 1. The van der Waals surface area contributed by atoms with Crippen molar-refractivity contribution in [1.82, 2.24) is 0 Å². The molecule has 1 aromatic carbocycles. The molecule has 0 aliphatic heterocycles. The van der Waals surface area contributed by atoms with Crippen LogP contribution in [0.25, 0.3) is 6.08 Å². The topological polar surface area (TPSA) is 26.3 Å². The van der Waals surface area contributed by atoms with E-state index in [0.717, 1.165) is 12.0 Å². The molecule has 1 rings (SSSR count). The van der Waals surface area contributed by atoms with Crippen LogP contribution in [0.1, 0.15) is 56.6 Å². The number of rotatable bonds is 9. The summed E-state index contributed by atoms with van der Waals surface area (Å²) >= 11 is 0. The van der Waals surface area contributed by atoms with Crippen molar-refractivity contribution in [2.45, 2.75) is 51.9 Å². The standard InChI is InChI=1S/C18H26O2/c1-3-4-5-6-7-8-9-16-10-12-17(13-11-16)14-15-18(19)20-2/h10-15H,3-9H2,1-2H3. The van der Waals surface area contributed by atoms with E-state index in [2.05, 4.69) is 23.8 Å². The van der Waals surface area contributed by atoms with E-state index in [1.165, 1.54) is 57.3 Å².